The van der Waals surface area contributed by atoms with Crippen molar-refractivity contribution in [2.45, 2.75) is 19.6 Å². The monoisotopic (exact) mass is 257 g/mol. The van der Waals surface area contributed by atoms with Gasteiger partial charge in [0.15, 0.2) is 6.10 Å². The van der Waals surface area contributed by atoms with E-state index in [9.17, 15) is 4.79 Å². The molecule has 0 aliphatic heterocycles. The Morgan fingerprint density at radius 3 is 2.68 bits per heavy atom. The normalized spacial score (nSPS) is 11.6. The van der Waals surface area contributed by atoms with Crippen molar-refractivity contribution in [3.63, 3.8) is 0 Å². The van der Waals surface area contributed by atoms with Gasteiger partial charge in [0.05, 0.1) is 6.20 Å². The summed E-state index contributed by atoms with van der Waals surface area (Å²) in [6.45, 7) is 1.90. The number of hydrogen-bond donors (Lipinski definition) is 0. The minimum atomic E-state index is -0.659. The van der Waals surface area contributed by atoms with Gasteiger partial charge in [-0.15, -0.1) is 0 Å². The van der Waals surface area contributed by atoms with Crippen LogP contribution in [0.3, 0.4) is 0 Å². The Balaban J connectivity index is 1.83. The van der Waals surface area contributed by atoms with Crippen molar-refractivity contribution in [1.29, 1.82) is 0 Å². The molecule has 0 fully saturated rings. The Bertz CT molecular complexity index is 513. The number of carbonyl (C=O) groups is 1. The van der Waals surface area contributed by atoms with Gasteiger partial charge in [0.25, 0.3) is 0 Å². The molecule has 0 amide bonds. The predicted octanol–water partition coefficient (Wildman–Crippen LogP) is 2.59. The van der Waals surface area contributed by atoms with Crippen molar-refractivity contribution in [2.75, 3.05) is 0 Å². The molecule has 19 heavy (non-hydrogen) atoms. The van der Waals surface area contributed by atoms with Crippen molar-refractivity contribution in [3.8, 4) is 5.75 Å². The van der Waals surface area contributed by atoms with Gasteiger partial charge in [0.1, 0.15) is 12.4 Å². The molecule has 2 rings (SSSR count). The molecule has 0 spiro atoms. The van der Waals surface area contributed by atoms with E-state index in [-0.39, 0.29) is 6.61 Å². The maximum Gasteiger partial charge on any atom is 0.347 e. The lowest BCUT2D eigenvalue weighted by atomic mass is 10.2. The second kappa shape index (κ2) is 6.54. The first-order chi connectivity index (χ1) is 9.25. The second-order valence-corrected chi connectivity index (χ2v) is 4.04. The van der Waals surface area contributed by atoms with E-state index < -0.39 is 12.1 Å². The van der Waals surface area contributed by atoms with E-state index in [0.717, 1.165) is 5.56 Å². The SMILES string of the molecule is C[C@@H](Oc1cccnc1)C(=O)OCc1ccccc1. The number of hydrogen-bond acceptors (Lipinski definition) is 4. The summed E-state index contributed by atoms with van der Waals surface area (Å²) in [4.78, 5) is 15.7. The van der Waals surface area contributed by atoms with Gasteiger partial charge in [-0.2, -0.15) is 0 Å². The van der Waals surface area contributed by atoms with Gasteiger partial charge in [-0.05, 0) is 24.6 Å². The van der Waals surface area contributed by atoms with E-state index >= 15 is 0 Å². The Hall–Kier alpha value is -2.36. The van der Waals surface area contributed by atoms with E-state index in [2.05, 4.69) is 4.98 Å². The quantitative estimate of drug-likeness (QED) is 0.772. The third-order valence-corrected chi connectivity index (χ3v) is 2.50. The Labute approximate surface area is 112 Å². The molecule has 4 heteroatoms. The number of benzene rings is 1. The maximum atomic E-state index is 11.8. The third-order valence-electron chi connectivity index (χ3n) is 2.50. The zero-order chi connectivity index (χ0) is 13.5. The summed E-state index contributed by atoms with van der Waals surface area (Å²) in [5.41, 5.74) is 0.949. The maximum absolute atomic E-state index is 11.8. The van der Waals surface area contributed by atoms with Crippen LogP contribution in [-0.2, 0) is 16.1 Å². The number of carbonyl (C=O) groups excluding carboxylic acids is 1. The molecule has 0 aliphatic rings. The molecule has 4 nitrogen and oxygen atoms in total. The van der Waals surface area contributed by atoms with Crippen molar-refractivity contribution in [3.05, 3.63) is 60.4 Å². The molecule has 2 aromatic rings. The standard InChI is InChI=1S/C15H15NO3/c1-12(19-14-8-5-9-16-10-14)15(17)18-11-13-6-3-2-4-7-13/h2-10,12H,11H2,1H3/t12-/m1/s1. The fourth-order valence-electron chi connectivity index (χ4n) is 1.52. The van der Waals surface area contributed by atoms with Crippen LogP contribution in [0.4, 0.5) is 0 Å². The van der Waals surface area contributed by atoms with Crippen LogP contribution in [0.1, 0.15) is 12.5 Å². The lowest BCUT2D eigenvalue weighted by Gasteiger charge is -2.13. The van der Waals surface area contributed by atoms with Crippen LogP contribution in [-0.4, -0.2) is 17.1 Å². The topological polar surface area (TPSA) is 48.4 Å². The first-order valence-corrected chi connectivity index (χ1v) is 6.03. The average Bonchev–Trinajstić information content (AvgIpc) is 2.47. The largest absolute Gasteiger partial charge is 0.477 e. The summed E-state index contributed by atoms with van der Waals surface area (Å²) in [7, 11) is 0. The molecular weight excluding hydrogens is 242 g/mol. The van der Waals surface area contributed by atoms with E-state index in [1.165, 1.54) is 0 Å². The first kappa shape index (κ1) is 13.1. The van der Waals surface area contributed by atoms with Crippen molar-refractivity contribution in [2.24, 2.45) is 0 Å². The highest BCUT2D eigenvalue weighted by Crippen LogP contribution is 2.10. The highest BCUT2D eigenvalue weighted by molar-refractivity contribution is 5.74. The highest BCUT2D eigenvalue weighted by atomic mass is 16.6. The molecule has 0 saturated carbocycles. The van der Waals surface area contributed by atoms with Crippen molar-refractivity contribution in [1.82, 2.24) is 4.98 Å². The molecule has 0 unspecified atom stereocenters. The van der Waals surface area contributed by atoms with Gasteiger partial charge in [-0.3, -0.25) is 4.98 Å². The van der Waals surface area contributed by atoms with Gasteiger partial charge >= 0.3 is 5.97 Å². The fourth-order valence-corrected chi connectivity index (χ4v) is 1.52. The summed E-state index contributed by atoms with van der Waals surface area (Å²) in [6, 6.07) is 13.0. The van der Waals surface area contributed by atoms with Gasteiger partial charge in [0, 0.05) is 6.20 Å². The van der Waals surface area contributed by atoms with Crippen LogP contribution >= 0.6 is 0 Å². The van der Waals surface area contributed by atoms with Crippen molar-refractivity contribution >= 4 is 5.97 Å². The van der Waals surface area contributed by atoms with E-state index in [4.69, 9.17) is 9.47 Å². The summed E-state index contributed by atoms with van der Waals surface area (Å²) in [5, 5.41) is 0. The average molecular weight is 257 g/mol. The zero-order valence-electron chi connectivity index (χ0n) is 10.7. The Morgan fingerprint density at radius 2 is 2.00 bits per heavy atom. The lowest BCUT2D eigenvalue weighted by molar-refractivity contribution is -0.152. The summed E-state index contributed by atoms with van der Waals surface area (Å²) in [5.74, 6) is 0.152. The molecule has 0 saturated heterocycles. The zero-order valence-corrected chi connectivity index (χ0v) is 10.7. The summed E-state index contributed by atoms with van der Waals surface area (Å²) >= 11 is 0. The van der Waals surface area contributed by atoms with Gasteiger partial charge in [-0.1, -0.05) is 30.3 Å². The van der Waals surface area contributed by atoms with E-state index in [1.807, 2.05) is 30.3 Å². The van der Waals surface area contributed by atoms with Crippen LogP contribution in [0.2, 0.25) is 0 Å². The molecule has 1 aromatic heterocycles. The highest BCUT2D eigenvalue weighted by Gasteiger charge is 2.16. The molecule has 0 N–H and O–H groups in total. The van der Waals surface area contributed by atoms with Crippen LogP contribution in [0, 0.1) is 0 Å². The van der Waals surface area contributed by atoms with Crippen LogP contribution in [0.15, 0.2) is 54.9 Å². The predicted molar refractivity (Wildman–Crippen MR) is 70.6 cm³/mol. The van der Waals surface area contributed by atoms with Gasteiger partial charge in [-0.25, -0.2) is 4.79 Å². The summed E-state index contributed by atoms with van der Waals surface area (Å²) < 4.78 is 10.6. The number of nitrogens with zero attached hydrogens (tertiary/aromatic N) is 1. The van der Waals surface area contributed by atoms with Crippen molar-refractivity contribution < 1.29 is 14.3 Å². The van der Waals surface area contributed by atoms with Gasteiger partial charge in [0.2, 0.25) is 0 Å². The molecule has 1 heterocycles. The van der Waals surface area contributed by atoms with E-state index in [1.54, 1.807) is 31.5 Å². The number of pyridine rings is 1. The number of rotatable bonds is 5. The fraction of sp³-hybridized carbons (Fsp3) is 0.200. The minimum Gasteiger partial charge on any atom is -0.477 e. The molecule has 1 atom stereocenters. The number of aromatic nitrogens is 1. The number of ether oxygens (including phenoxy) is 2. The van der Waals surface area contributed by atoms with Crippen LogP contribution in [0.5, 0.6) is 5.75 Å². The first-order valence-electron chi connectivity index (χ1n) is 6.03. The molecule has 0 bridgehead atoms. The van der Waals surface area contributed by atoms with Gasteiger partial charge < -0.3 is 9.47 Å². The summed E-state index contributed by atoms with van der Waals surface area (Å²) in [6.07, 6.45) is 2.54. The molecule has 0 radical (unpaired) electrons. The minimum absolute atomic E-state index is 0.250. The molecular formula is C15H15NO3. The smallest absolute Gasteiger partial charge is 0.347 e. The number of esters is 1. The second-order valence-electron chi connectivity index (χ2n) is 4.04. The van der Waals surface area contributed by atoms with E-state index in [0.29, 0.717) is 5.75 Å². The molecule has 1 aromatic carbocycles. The molecule has 0 aliphatic carbocycles. The van der Waals surface area contributed by atoms with Crippen LogP contribution in [0.25, 0.3) is 0 Å². The molecule has 98 valence electrons. The Morgan fingerprint density at radius 1 is 1.21 bits per heavy atom. The lowest BCUT2D eigenvalue weighted by Crippen LogP contribution is -2.26. The van der Waals surface area contributed by atoms with Crippen LogP contribution < -0.4 is 4.74 Å². The Kier molecular flexibility index (Phi) is 4.50. The third kappa shape index (κ3) is 4.10.